The van der Waals surface area contributed by atoms with Gasteiger partial charge in [-0.05, 0) is 69.7 Å². The number of carbonyl (C=O) groups excluding carboxylic acids is 2. The van der Waals surface area contributed by atoms with Gasteiger partial charge in [-0.1, -0.05) is 6.07 Å². The molecule has 0 aromatic heterocycles. The van der Waals surface area contributed by atoms with Gasteiger partial charge in [0.05, 0.1) is 47.2 Å². The number of ether oxygens (including phenoxy) is 3. The molecule has 0 bridgehead atoms. The molecular weight excluding hydrogens is 640 g/mol. The van der Waals surface area contributed by atoms with Crippen LogP contribution < -0.4 is 20.1 Å². The largest absolute Gasteiger partial charge is 0.501 e. The topological polar surface area (TPSA) is 157 Å². The summed E-state index contributed by atoms with van der Waals surface area (Å²) in [6.07, 6.45) is 0.759. The van der Waals surface area contributed by atoms with Gasteiger partial charge in [0.25, 0.3) is 15.7 Å². The molecular formula is C30H34F4N2O9S. The lowest BCUT2D eigenvalue weighted by Crippen LogP contribution is -2.48. The molecule has 2 aromatic carbocycles. The predicted octanol–water partition coefficient (Wildman–Crippen LogP) is 4.70. The van der Waals surface area contributed by atoms with Crippen molar-refractivity contribution in [3.05, 3.63) is 47.8 Å². The lowest BCUT2D eigenvalue weighted by molar-refractivity contribution is -0.150. The van der Waals surface area contributed by atoms with Gasteiger partial charge in [-0.3, -0.25) is 14.4 Å². The molecule has 3 atom stereocenters. The first-order chi connectivity index (χ1) is 21.5. The molecule has 2 aliphatic rings. The third-order valence-corrected chi connectivity index (χ3v) is 10.1. The van der Waals surface area contributed by atoms with Crippen molar-refractivity contribution < 1.29 is 59.7 Å². The summed E-state index contributed by atoms with van der Waals surface area (Å²) < 4.78 is 94.3. The summed E-state index contributed by atoms with van der Waals surface area (Å²) in [5.74, 6) is -4.49. The van der Waals surface area contributed by atoms with Crippen LogP contribution in [0.25, 0.3) is 0 Å². The molecule has 16 heteroatoms. The quantitative estimate of drug-likeness (QED) is 0.304. The zero-order valence-electron chi connectivity index (χ0n) is 25.1. The molecule has 0 radical (unpaired) electrons. The molecule has 2 saturated carbocycles. The number of carboxylic acid groups (broad SMARTS) is 1. The fourth-order valence-electron chi connectivity index (χ4n) is 5.76. The van der Waals surface area contributed by atoms with Crippen molar-refractivity contribution in [2.45, 2.75) is 74.1 Å². The van der Waals surface area contributed by atoms with Crippen LogP contribution in [0.15, 0.2) is 41.3 Å². The van der Waals surface area contributed by atoms with Crippen molar-refractivity contribution in [2.75, 3.05) is 19.5 Å². The van der Waals surface area contributed by atoms with Gasteiger partial charge >= 0.3 is 11.5 Å². The van der Waals surface area contributed by atoms with Gasteiger partial charge in [0.15, 0.2) is 11.6 Å². The number of nitrogens with one attached hydrogen (secondary N) is 2. The predicted molar refractivity (Wildman–Crippen MR) is 155 cm³/mol. The number of benzene rings is 2. The molecule has 252 valence electrons. The SMILES string of the molecule is COc1cc(F)c(OC2CCC(C)(C(=O)O)CC2)cc1C(=O)N[C@H]1[C@@H](OC)CC[C@H]1C(=O)Nc1cccc(S(=O)(=O)C(F)(F)F)c1. The zero-order chi connectivity index (χ0) is 34.0. The number of halogens is 4. The molecule has 46 heavy (non-hydrogen) atoms. The van der Waals surface area contributed by atoms with Crippen LogP contribution in [0, 0.1) is 17.2 Å². The minimum Gasteiger partial charge on any atom is -0.496 e. The Bertz CT molecular complexity index is 1590. The van der Waals surface area contributed by atoms with E-state index in [1.807, 2.05) is 0 Å². The van der Waals surface area contributed by atoms with E-state index in [0.29, 0.717) is 38.2 Å². The van der Waals surface area contributed by atoms with Gasteiger partial charge in [0.1, 0.15) is 5.75 Å². The Labute approximate surface area is 262 Å². The first-order valence-corrected chi connectivity index (χ1v) is 15.8. The molecule has 3 N–H and O–H groups in total. The smallest absolute Gasteiger partial charge is 0.496 e. The van der Waals surface area contributed by atoms with E-state index in [0.717, 1.165) is 24.3 Å². The van der Waals surface area contributed by atoms with E-state index in [2.05, 4.69) is 10.6 Å². The lowest BCUT2D eigenvalue weighted by Gasteiger charge is -2.34. The van der Waals surface area contributed by atoms with Crippen molar-refractivity contribution in [2.24, 2.45) is 11.3 Å². The van der Waals surface area contributed by atoms with E-state index in [-0.39, 0.29) is 29.2 Å². The van der Waals surface area contributed by atoms with E-state index >= 15 is 0 Å². The minimum atomic E-state index is -5.66. The molecule has 0 unspecified atom stereocenters. The molecule has 4 rings (SSSR count). The second kappa shape index (κ2) is 13.4. The fourth-order valence-corrected chi connectivity index (χ4v) is 6.57. The average molecular weight is 675 g/mol. The molecule has 2 aromatic rings. The summed E-state index contributed by atoms with van der Waals surface area (Å²) >= 11 is 0. The summed E-state index contributed by atoms with van der Waals surface area (Å²) in [7, 11) is -3.05. The Kier molecular flexibility index (Phi) is 10.2. The molecule has 0 heterocycles. The second-order valence-electron chi connectivity index (χ2n) is 11.6. The summed E-state index contributed by atoms with van der Waals surface area (Å²) in [4.78, 5) is 37.3. The number of anilines is 1. The highest BCUT2D eigenvalue weighted by Gasteiger charge is 2.47. The number of aliphatic carboxylic acids is 1. The van der Waals surface area contributed by atoms with Crippen LogP contribution in [0.1, 0.15) is 55.8 Å². The van der Waals surface area contributed by atoms with E-state index in [4.69, 9.17) is 14.2 Å². The minimum absolute atomic E-state index is 0.115. The maximum absolute atomic E-state index is 15.0. The first kappa shape index (κ1) is 34.9. The van der Waals surface area contributed by atoms with Crippen molar-refractivity contribution in [3.63, 3.8) is 0 Å². The highest BCUT2D eigenvalue weighted by Crippen LogP contribution is 2.39. The first-order valence-electron chi connectivity index (χ1n) is 14.3. The summed E-state index contributed by atoms with van der Waals surface area (Å²) in [5.41, 5.74) is -6.76. The highest BCUT2D eigenvalue weighted by atomic mass is 32.2. The van der Waals surface area contributed by atoms with Gasteiger partial charge in [-0.15, -0.1) is 0 Å². The van der Waals surface area contributed by atoms with Gasteiger partial charge < -0.3 is 30.0 Å². The molecule has 2 amide bonds. The number of amides is 2. The number of methoxy groups -OCH3 is 2. The normalized spacial score (nSPS) is 25.0. The summed E-state index contributed by atoms with van der Waals surface area (Å²) in [6.45, 7) is 1.64. The number of rotatable bonds is 10. The van der Waals surface area contributed by atoms with Gasteiger partial charge in [0, 0.05) is 18.9 Å². The van der Waals surface area contributed by atoms with E-state index in [1.165, 1.54) is 20.3 Å². The van der Waals surface area contributed by atoms with Crippen molar-refractivity contribution in [3.8, 4) is 11.5 Å². The molecule has 2 aliphatic carbocycles. The Balaban J connectivity index is 1.52. The fraction of sp³-hybridized carbons (Fsp3) is 0.500. The Morgan fingerprint density at radius 2 is 1.67 bits per heavy atom. The number of carboxylic acids is 1. The second-order valence-corrected chi connectivity index (χ2v) is 13.5. The Morgan fingerprint density at radius 3 is 2.26 bits per heavy atom. The van der Waals surface area contributed by atoms with Crippen LogP contribution in [0.3, 0.4) is 0 Å². The number of carbonyl (C=O) groups is 3. The maximum atomic E-state index is 15.0. The molecule has 0 saturated heterocycles. The number of alkyl halides is 3. The van der Waals surface area contributed by atoms with E-state index in [9.17, 15) is 45.5 Å². The number of hydrogen-bond acceptors (Lipinski definition) is 8. The van der Waals surface area contributed by atoms with Crippen molar-refractivity contribution in [1.82, 2.24) is 5.32 Å². The van der Waals surface area contributed by atoms with Crippen LogP contribution in [0.2, 0.25) is 0 Å². The summed E-state index contributed by atoms with van der Waals surface area (Å²) in [6, 6.07) is 4.92. The third-order valence-electron chi connectivity index (χ3n) is 8.59. The van der Waals surface area contributed by atoms with Crippen molar-refractivity contribution in [1.29, 1.82) is 0 Å². The average Bonchev–Trinajstić information content (AvgIpc) is 3.41. The lowest BCUT2D eigenvalue weighted by atomic mass is 9.75. The molecule has 2 fully saturated rings. The molecule has 0 aliphatic heterocycles. The monoisotopic (exact) mass is 674 g/mol. The van der Waals surface area contributed by atoms with Gasteiger partial charge in [-0.2, -0.15) is 13.2 Å². The van der Waals surface area contributed by atoms with Crippen LogP contribution in [0.5, 0.6) is 11.5 Å². The molecule has 11 nitrogen and oxygen atoms in total. The third kappa shape index (κ3) is 7.22. The van der Waals surface area contributed by atoms with E-state index < -0.39 is 73.4 Å². The van der Waals surface area contributed by atoms with Gasteiger partial charge in [0.2, 0.25) is 5.91 Å². The van der Waals surface area contributed by atoms with Crippen LogP contribution in [0.4, 0.5) is 23.2 Å². The molecule has 0 spiro atoms. The van der Waals surface area contributed by atoms with Crippen LogP contribution in [-0.4, -0.2) is 69.3 Å². The van der Waals surface area contributed by atoms with E-state index in [1.54, 1.807) is 6.92 Å². The zero-order valence-corrected chi connectivity index (χ0v) is 26.0. The maximum Gasteiger partial charge on any atom is 0.501 e. The highest BCUT2D eigenvalue weighted by molar-refractivity contribution is 7.92. The number of hydrogen-bond donors (Lipinski definition) is 3. The Hall–Kier alpha value is -3.92. The Morgan fingerprint density at radius 1 is 1.00 bits per heavy atom. The van der Waals surface area contributed by atoms with Crippen LogP contribution in [-0.2, 0) is 24.2 Å². The summed E-state index contributed by atoms with van der Waals surface area (Å²) in [5, 5.41) is 14.6. The number of sulfone groups is 1. The van der Waals surface area contributed by atoms with Gasteiger partial charge in [-0.25, -0.2) is 12.8 Å². The van der Waals surface area contributed by atoms with Crippen molar-refractivity contribution >= 4 is 33.3 Å². The standard InChI is InChI=1S/C30H34F4N2O9S/c1-29(28(39)40)11-9-17(10-12-29)45-24-14-20(23(44-3)15-21(24)31)27(38)36-25-19(7-8-22(25)43-2)26(37)35-16-5-4-6-18(13-16)46(41,42)30(32,33)34/h4-6,13-15,17,19,22,25H,7-12H2,1-3H3,(H,35,37)(H,36,38)(H,39,40)/t17?,19-,22+,25-,29?/m1/s1. The van der Waals surface area contributed by atoms with Crippen LogP contribution >= 0.6 is 0 Å².